The minimum atomic E-state index is -1.01. The molecule has 1 aromatic carbocycles. The van der Waals surface area contributed by atoms with Crippen LogP contribution in [0.4, 0.5) is 15.9 Å². The maximum atomic E-state index is 14.5. The molecule has 1 aliphatic heterocycles. The summed E-state index contributed by atoms with van der Waals surface area (Å²) in [5.74, 6) is -0.138. The lowest BCUT2D eigenvalue weighted by Crippen LogP contribution is -2.62. The molecular weight excluding hydrogens is 489 g/mol. The van der Waals surface area contributed by atoms with Crippen LogP contribution in [0.1, 0.15) is 18.4 Å². The highest BCUT2D eigenvalue weighted by molar-refractivity contribution is 5.87. The van der Waals surface area contributed by atoms with Gasteiger partial charge in [0.2, 0.25) is 5.91 Å². The van der Waals surface area contributed by atoms with Gasteiger partial charge < -0.3 is 30.6 Å². The number of pyridine rings is 1. The zero-order valence-corrected chi connectivity index (χ0v) is 21.6. The Morgan fingerprint density at radius 2 is 2.03 bits per heavy atom. The normalized spacial score (nSPS) is 17.6. The Bertz CT molecular complexity index is 1510. The van der Waals surface area contributed by atoms with Crippen molar-refractivity contribution < 1.29 is 13.9 Å². The lowest BCUT2D eigenvalue weighted by Gasteiger charge is -2.42. The van der Waals surface area contributed by atoms with Gasteiger partial charge in [0.25, 0.3) is 0 Å². The Balaban J connectivity index is 1.58. The van der Waals surface area contributed by atoms with Gasteiger partial charge in [-0.2, -0.15) is 0 Å². The molecule has 12 heteroatoms. The van der Waals surface area contributed by atoms with Crippen LogP contribution in [0.5, 0.6) is 5.75 Å². The van der Waals surface area contributed by atoms with Gasteiger partial charge in [0, 0.05) is 32.7 Å². The molecule has 0 unspecified atom stereocenters. The van der Waals surface area contributed by atoms with E-state index in [1.54, 1.807) is 38.8 Å². The van der Waals surface area contributed by atoms with E-state index in [-0.39, 0.29) is 11.7 Å². The third-order valence-electron chi connectivity index (χ3n) is 6.88. The third-order valence-corrected chi connectivity index (χ3v) is 6.88. The van der Waals surface area contributed by atoms with Gasteiger partial charge in [0.05, 0.1) is 37.6 Å². The number of aromatic nitrogens is 5. The van der Waals surface area contributed by atoms with Crippen LogP contribution < -0.4 is 21.1 Å². The van der Waals surface area contributed by atoms with Crippen LogP contribution >= 0.6 is 0 Å². The summed E-state index contributed by atoms with van der Waals surface area (Å²) in [4.78, 5) is 34.0. The van der Waals surface area contributed by atoms with E-state index in [0.717, 1.165) is 17.7 Å². The Morgan fingerprint density at radius 3 is 2.76 bits per heavy atom. The van der Waals surface area contributed by atoms with Gasteiger partial charge in [-0.1, -0.05) is 0 Å². The maximum Gasteiger partial charge on any atom is 0.243 e. The minimum absolute atomic E-state index is 0.116. The van der Waals surface area contributed by atoms with Crippen molar-refractivity contribution >= 4 is 28.6 Å². The van der Waals surface area contributed by atoms with Crippen molar-refractivity contribution in [3.05, 3.63) is 54.5 Å². The number of piperidine rings is 1. The first-order valence-electron chi connectivity index (χ1n) is 12.2. The van der Waals surface area contributed by atoms with Gasteiger partial charge in [-0.15, -0.1) is 0 Å². The van der Waals surface area contributed by atoms with Crippen molar-refractivity contribution in [2.45, 2.75) is 24.9 Å². The molecule has 11 nitrogen and oxygen atoms in total. The largest absolute Gasteiger partial charge is 0.494 e. The Kier molecular flexibility index (Phi) is 6.57. The molecule has 0 aliphatic carbocycles. The van der Waals surface area contributed by atoms with Gasteiger partial charge in [-0.25, -0.2) is 19.3 Å². The number of hydrogen-bond acceptors (Lipinski definition) is 9. The van der Waals surface area contributed by atoms with Crippen LogP contribution in [0.2, 0.25) is 0 Å². The number of imidazole rings is 1. The molecule has 5 rings (SSSR count). The van der Waals surface area contributed by atoms with Crippen LogP contribution in [0.3, 0.4) is 0 Å². The van der Waals surface area contributed by atoms with E-state index in [9.17, 15) is 9.18 Å². The fourth-order valence-electron chi connectivity index (χ4n) is 4.99. The smallest absolute Gasteiger partial charge is 0.243 e. The number of nitrogens with two attached hydrogens (primary N) is 2. The average Bonchev–Trinajstić information content (AvgIpc) is 3.32. The lowest BCUT2D eigenvalue weighted by atomic mass is 9.88. The SMILES string of the molecule is COc1ccc(-c2cc(Cn3cnc4c(N)ncnc43)c(N3CCC[C@](N)(C(=O)N(C)C)C3)cn2)cc1F. The number of carbonyl (C=O) groups is 1. The van der Waals surface area contributed by atoms with Crippen LogP contribution in [-0.4, -0.2) is 75.1 Å². The number of nitrogens with zero attached hydrogens (tertiary/aromatic N) is 7. The predicted octanol–water partition coefficient (Wildman–Crippen LogP) is 2.05. The van der Waals surface area contributed by atoms with Crippen molar-refractivity contribution in [2.75, 3.05) is 44.9 Å². The van der Waals surface area contributed by atoms with Gasteiger partial charge in [0.15, 0.2) is 23.0 Å². The highest BCUT2D eigenvalue weighted by Gasteiger charge is 2.40. The number of benzene rings is 1. The second-order valence-electron chi connectivity index (χ2n) is 9.73. The summed E-state index contributed by atoms with van der Waals surface area (Å²) >= 11 is 0. The molecule has 0 saturated carbocycles. The van der Waals surface area contributed by atoms with Gasteiger partial charge >= 0.3 is 0 Å². The third kappa shape index (κ3) is 4.58. The molecule has 1 atom stereocenters. The zero-order chi connectivity index (χ0) is 27.0. The number of ether oxygens (including phenoxy) is 1. The molecular formula is C26H30FN9O2. The summed E-state index contributed by atoms with van der Waals surface area (Å²) in [6.45, 7) is 1.44. The molecule has 4 heterocycles. The molecule has 3 aromatic heterocycles. The summed E-state index contributed by atoms with van der Waals surface area (Å²) < 4.78 is 21.4. The monoisotopic (exact) mass is 519 g/mol. The van der Waals surface area contributed by atoms with Crippen molar-refractivity contribution in [3.63, 3.8) is 0 Å². The molecule has 0 radical (unpaired) electrons. The van der Waals surface area contributed by atoms with Gasteiger partial charge in [-0.05, 0) is 42.7 Å². The molecule has 0 spiro atoms. The molecule has 4 N–H and O–H groups in total. The molecule has 1 fully saturated rings. The van der Waals surface area contributed by atoms with Gasteiger partial charge in [-0.3, -0.25) is 9.78 Å². The van der Waals surface area contributed by atoms with E-state index < -0.39 is 11.4 Å². The van der Waals surface area contributed by atoms with Crippen LogP contribution in [0, 0.1) is 5.82 Å². The Labute approximate surface area is 219 Å². The molecule has 198 valence electrons. The van der Waals surface area contributed by atoms with E-state index in [1.807, 2.05) is 10.6 Å². The quantitative estimate of drug-likeness (QED) is 0.391. The van der Waals surface area contributed by atoms with Crippen molar-refractivity contribution in [1.82, 2.24) is 29.4 Å². The average molecular weight is 520 g/mol. The van der Waals surface area contributed by atoms with E-state index in [1.165, 1.54) is 24.4 Å². The first kappa shape index (κ1) is 25.3. The van der Waals surface area contributed by atoms with Crippen LogP contribution in [-0.2, 0) is 11.3 Å². The number of likely N-dealkylation sites (N-methyl/N-ethyl adjacent to an activating group) is 1. The standard InChI is InChI=1S/C26H30FN9O2/c1-34(2)25(37)26(29)7-4-8-35(13-26)20-11-30-19(16-5-6-21(38-3)18(27)9-16)10-17(20)12-36-15-33-22-23(28)31-14-32-24(22)36/h5-6,9-11,14-15H,4,7-8,12-13,29H2,1-3H3,(H2,28,31,32)/t26-/m1/s1. The summed E-state index contributed by atoms with van der Waals surface area (Å²) in [7, 11) is 4.85. The number of anilines is 2. The number of rotatable bonds is 6. The maximum absolute atomic E-state index is 14.5. The number of hydrogen-bond donors (Lipinski definition) is 2. The predicted molar refractivity (Wildman–Crippen MR) is 142 cm³/mol. The summed E-state index contributed by atoms with van der Waals surface area (Å²) in [6.07, 6.45) is 6.15. The topological polar surface area (TPSA) is 141 Å². The van der Waals surface area contributed by atoms with Gasteiger partial charge in [0.1, 0.15) is 17.4 Å². The number of methoxy groups -OCH3 is 1. The molecule has 38 heavy (non-hydrogen) atoms. The summed E-state index contributed by atoms with van der Waals surface area (Å²) in [6, 6.07) is 6.64. The fourth-order valence-corrected chi connectivity index (χ4v) is 4.99. The Hall–Kier alpha value is -4.32. The lowest BCUT2D eigenvalue weighted by molar-refractivity contribution is -0.134. The van der Waals surface area contributed by atoms with E-state index >= 15 is 0 Å². The van der Waals surface area contributed by atoms with Crippen molar-refractivity contribution in [1.29, 1.82) is 0 Å². The first-order valence-corrected chi connectivity index (χ1v) is 12.2. The molecule has 1 amide bonds. The summed E-state index contributed by atoms with van der Waals surface area (Å²) in [5, 5.41) is 0. The van der Waals surface area contributed by atoms with Crippen LogP contribution in [0.15, 0.2) is 43.1 Å². The molecule has 4 aromatic rings. The molecule has 1 saturated heterocycles. The van der Waals surface area contributed by atoms with Crippen molar-refractivity contribution in [3.8, 4) is 17.0 Å². The second-order valence-corrected chi connectivity index (χ2v) is 9.73. The number of fused-ring (bicyclic) bond motifs is 1. The van der Waals surface area contributed by atoms with Crippen LogP contribution in [0.25, 0.3) is 22.4 Å². The number of carbonyl (C=O) groups excluding carboxylic acids is 1. The number of nitrogen functional groups attached to an aromatic ring is 1. The fraction of sp³-hybridized carbons (Fsp3) is 0.346. The number of halogens is 1. The number of amides is 1. The Morgan fingerprint density at radius 1 is 1.21 bits per heavy atom. The molecule has 1 aliphatic rings. The minimum Gasteiger partial charge on any atom is -0.494 e. The first-order chi connectivity index (χ1) is 18.2. The van der Waals surface area contributed by atoms with Crippen molar-refractivity contribution in [2.24, 2.45) is 5.73 Å². The highest BCUT2D eigenvalue weighted by atomic mass is 19.1. The summed E-state index contributed by atoms with van der Waals surface area (Å²) in [5.41, 5.74) is 15.6. The zero-order valence-electron chi connectivity index (χ0n) is 21.6. The highest BCUT2D eigenvalue weighted by Crippen LogP contribution is 2.32. The second kappa shape index (κ2) is 9.86. The van der Waals surface area contributed by atoms with E-state index in [2.05, 4.69) is 24.8 Å². The molecule has 0 bridgehead atoms. The van der Waals surface area contributed by atoms with E-state index in [4.69, 9.17) is 16.2 Å². The van der Waals surface area contributed by atoms with E-state index in [0.29, 0.717) is 54.3 Å².